The molecule has 0 bridgehead atoms. The fourth-order valence-electron chi connectivity index (χ4n) is 2.98. The van der Waals surface area contributed by atoms with Crippen molar-refractivity contribution in [3.63, 3.8) is 0 Å². The van der Waals surface area contributed by atoms with Crippen LogP contribution >= 0.6 is 0 Å². The third-order valence-electron chi connectivity index (χ3n) is 4.40. The number of carbonyl (C=O) groups excluding carboxylic acids is 1. The summed E-state index contributed by atoms with van der Waals surface area (Å²) in [6.07, 6.45) is 3.71. The molecule has 0 spiro atoms. The average molecular weight is 279 g/mol. The molecule has 0 radical (unpaired) electrons. The van der Waals surface area contributed by atoms with Gasteiger partial charge in [-0.25, -0.2) is 0 Å². The van der Waals surface area contributed by atoms with E-state index in [0.717, 1.165) is 18.4 Å². The molecule has 108 valence electrons. The maximum Gasteiger partial charge on any atom is 0.225 e. The van der Waals surface area contributed by atoms with Gasteiger partial charge in [0.15, 0.2) is 0 Å². The Hall–Kier alpha value is -2.09. The van der Waals surface area contributed by atoms with Gasteiger partial charge >= 0.3 is 0 Å². The zero-order chi connectivity index (χ0) is 14.7. The Morgan fingerprint density at radius 1 is 1.05 bits per heavy atom. The molecule has 0 unspecified atom stereocenters. The van der Waals surface area contributed by atoms with Crippen LogP contribution in [0.2, 0.25) is 0 Å². The minimum Gasteiger partial charge on any atom is -0.346 e. The van der Waals surface area contributed by atoms with Gasteiger partial charge < -0.3 is 5.32 Å². The fourth-order valence-corrected chi connectivity index (χ4v) is 2.98. The molecule has 1 N–H and O–H groups in total. The van der Waals surface area contributed by atoms with E-state index in [0.29, 0.717) is 6.42 Å². The lowest BCUT2D eigenvalue weighted by Gasteiger charge is -2.43. The summed E-state index contributed by atoms with van der Waals surface area (Å²) in [5.74, 6) is 0.113. The van der Waals surface area contributed by atoms with Crippen LogP contribution in [-0.4, -0.2) is 5.91 Å². The van der Waals surface area contributed by atoms with Gasteiger partial charge in [-0.3, -0.25) is 4.79 Å². The third kappa shape index (κ3) is 2.99. The van der Waals surface area contributed by atoms with Gasteiger partial charge in [0, 0.05) is 0 Å². The standard InChI is InChI=1S/C19H21NO/c1-15-8-10-16(11-9-15)14-18(21)20-19(12-5-13-19)17-6-3-2-4-7-17/h2-4,6-11H,5,12-14H2,1H3,(H,20,21). The second-order valence-electron chi connectivity index (χ2n) is 6.01. The second kappa shape index (κ2) is 5.72. The van der Waals surface area contributed by atoms with Crippen molar-refractivity contribution < 1.29 is 4.79 Å². The maximum absolute atomic E-state index is 12.4. The van der Waals surface area contributed by atoms with Gasteiger partial charge in [0.25, 0.3) is 0 Å². The Balaban J connectivity index is 1.70. The van der Waals surface area contributed by atoms with Crippen molar-refractivity contribution in [3.8, 4) is 0 Å². The Morgan fingerprint density at radius 3 is 2.29 bits per heavy atom. The molecule has 1 saturated carbocycles. The highest BCUT2D eigenvalue weighted by Gasteiger charge is 2.39. The van der Waals surface area contributed by atoms with E-state index in [-0.39, 0.29) is 11.4 Å². The molecule has 2 heteroatoms. The molecule has 0 aliphatic heterocycles. The Morgan fingerprint density at radius 2 is 1.71 bits per heavy atom. The molecule has 21 heavy (non-hydrogen) atoms. The predicted molar refractivity (Wildman–Crippen MR) is 85.0 cm³/mol. The van der Waals surface area contributed by atoms with Gasteiger partial charge in [-0.2, -0.15) is 0 Å². The lowest BCUT2D eigenvalue weighted by molar-refractivity contribution is -0.123. The van der Waals surface area contributed by atoms with Gasteiger partial charge in [-0.15, -0.1) is 0 Å². The van der Waals surface area contributed by atoms with Crippen molar-refractivity contribution in [3.05, 3.63) is 71.3 Å². The van der Waals surface area contributed by atoms with E-state index in [2.05, 4.69) is 36.5 Å². The quantitative estimate of drug-likeness (QED) is 0.907. The molecule has 0 saturated heterocycles. The van der Waals surface area contributed by atoms with Crippen LogP contribution in [0, 0.1) is 6.92 Å². The first-order valence-corrected chi connectivity index (χ1v) is 7.60. The number of rotatable bonds is 4. The Bertz CT molecular complexity index is 612. The van der Waals surface area contributed by atoms with Crippen LogP contribution in [0.3, 0.4) is 0 Å². The van der Waals surface area contributed by atoms with Gasteiger partial charge in [0.2, 0.25) is 5.91 Å². The molecule has 1 amide bonds. The molecule has 3 rings (SSSR count). The second-order valence-corrected chi connectivity index (χ2v) is 6.01. The maximum atomic E-state index is 12.4. The smallest absolute Gasteiger partial charge is 0.225 e. The predicted octanol–water partition coefficient (Wildman–Crippen LogP) is 3.73. The third-order valence-corrected chi connectivity index (χ3v) is 4.40. The van der Waals surface area contributed by atoms with Crippen LogP contribution in [-0.2, 0) is 16.8 Å². The van der Waals surface area contributed by atoms with Gasteiger partial charge in [0.05, 0.1) is 12.0 Å². The van der Waals surface area contributed by atoms with Crippen LogP contribution in [0.4, 0.5) is 0 Å². The Labute approximate surface area is 126 Å². The van der Waals surface area contributed by atoms with Crippen LogP contribution in [0.25, 0.3) is 0 Å². The molecule has 2 aromatic rings. The molecule has 1 aliphatic rings. The van der Waals surface area contributed by atoms with Gasteiger partial charge in [-0.05, 0) is 37.3 Å². The van der Waals surface area contributed by atoms with E-state index in [9.17, 15) is 4.79 Å². The van der Waals surface area contributed by atoms with E-state index in [1.165, 1.54) is 17.5 Å². The van der Waals surface area contributed by atoms with Crippen LogP contribution in [0.5, 0.6) is 0 Å². The van der Waals surface area contributed by atoms with E-state index >= 15 is 0 Å². The van der Waals surface area contributed by atoms with Crippen molar-refractivity contribution in [2.45, 2.75) is 38.1 Å². The summed E-state index contributed by atoms with van der Waals surface area (Å²) in [4.78, 5) is 12.4. The molecular weight excluding hydrogens is 258 g/mol. The van der Waals surface area contributed by atoms with Crippen LogP contribution < -0.4 is 5.32 Å². The molecule has 1 fully saturated rings. The van der Waals surface area contributed by atoms with Crippen molar-refractivity contribution in [1.82, 2.24) is 5.32 Å². The number of amides is 1. The van der Waals surface area contributed by atoms with Crippen molar-refractivity contribution in [1.29, 1.82) is 0 Å². The van der Waals surface area contributed by atoms with Crippen molar-refractivity contribution in [2.24, 2.45) is 0 Å². The van der Waals surface area contributed by atoms with Crippen LogP contribution in [0.1, 0.15) is 36.0 Å². The first-order chi connectivity index (χ1) is 10.2. The highest BCUT2D eigenvalue weighted by molar-refractivity contribution is 5.79. The number of benzene rings is 2. The molecule has 0 atom stereocenters. The summed E-state index contributed by atoms with van der Waals surface area (Å²) >= 11 is 0. The fraction of sp³-hybridized carbons (Fsp3) is 0.316. The molecule has 2 aromatic carbocycles. The number of nitrogens with one attached hydrogen (secondary N) is 1. The lowest BCUT2D eigenvalue weighted by atomic mass is 9.71. The van der Waals surface area contributed by atoms with Crippen molar-refractivity contribution in [2.75, 3.05) is 0 Å². The highest BCUT2D eigenvalue weighted by atomic mass is 16.1. The molecule has 0 heterocycles. The highest BCUT2D eigenvalue weighted by Crippen LogP contribution is 2.41. The van der Waals surface area contributed by atoms with Gasteiger partial charge in [0.1, 0.15) is 0 Å². The van der Waals surface area contributed by atoms with E-state index in [1.807, 2.05) is 30.3 Å². The zero-order valence-electron chi connectivity index (χ0n) is 12.4. The summed E-state index contributed by atoms with van der Waals surface area (Å²) in [7, 11) is 0. The van der Waals surface area contributed by atoms with Gasteiger partial charge in [-0.1, -0.05) is 60.2 Å². The van der Waals surface area contributed by atoms with E-state index < -0.39 is 0 Å². The van der Waals surface area contributed by atoms with Crippen LogP contribution in [0.15, 0.2) is 54.6 Å². The lowest BCUT2D eigenvalue weighted by Crippen LogP contribution is -2.51. The topological polar surface area (TPSA) is 29.1 Å². The molecule has 2 nitrogen and oxygen atoms in total. The zero-order valence-corrected chi connectivity index (χ0v) is 12.4. The minimum absolute atomic E-state index is 0.113. The number of aryl methyl sites for hydroxylation is 1. The largest absolute Gasteiger partial charge is 0.346 e. The van der Waals surface area contributed by atoms with E-state index in [4.69, 9.17) is 0 Å². The summed E-state index contributed by atoms with van der Waals surface area (Å²) in [6, 6.07) is 18.5. The molecular formula is C19H21NO. The minimum atomic E-state index is -0.136. The SMILES string of the molecule is Cc1ccc(CC(=O)NC2(c3ccccc3)CCC2)cc1. The monoisotopic (exact) mass is 279 g/mol. The summed E-state index contributed by atoms with van der Waals surface area (Å²) < 4.78 is 0. The molecule has 0 aromatic heterocycles. The van der Waals surface area contributed by atoms with E-state index in [1.54, 1.807) is 0 Å². The average Bonchev–Trinajstić information content (AvgIpc) is 2.46. The number of hydrogen-bond acceptors (Lipinski definition) is 1. The first kappa shape index (κ1) is 13.9. The normalized spacial score (nSPS) is 16.0. The van der Waals surface area contributed by atoms with Crippen molar-refractivity contribution >= 4 is 5.91 Å². The number of hydrogen-bond donors (Lipinski definition) is 1. The first-order valence-electron chi connectivity index (χ1n) is 7.60. The summed E-state index contributed by atoms with van der Waals surface area (Å²) in [6.45, 7) is 2.06. The Kier molecular flexibility index (Phi) is 3.78. The summed E-state index contributed by atoms with van der Waals surface area (Å²) in [5, 5.41) is 3.27. The summed E-state index contributed by atoms with van der Waals surface area (Å²) in [5.41, 5.74) is 3.39. The number of carbonyl (C=O) groups is 1. The molecule has 1 aliphatic carbocycles.